The van der Waals surface area contributed by atoms with Crippen molar-refractivity contribution in [3.05, 3.63) is 29.8 Å². The van der Waals surface area contributed by atoms with Crippen LogP contribution in [0.5, 0.6) is 0 Å². The molecule has 0 unspecified atom stereocenters. The van der Waals surface area contributed by atoms with Crippen LogP contribution in [0.4, 0.5) is 5.69 Å². The first kappa shape index (κ1) is 9.54. The number of benzene rings is 1. The molecular weight excluding hydrogens is 166 g/mol. The van der Waals surface area contributed by atoms with Gasteiger partial charge in [-0.25, -0.2) is 5.43 Å². The molecule has 0 bridgehead atoms. The van der Waals surface area contributed by atoms with Crippen LogP contribution in [0.25, 0.3) is 0 Å². The van der Waals surface area contributed by atoms with Crippen LogP contribution in [0.3, 0.4) is 0 Å². The summed E-state index contributed by atoms with van der Waals surface area (Å²) in [6.07, 6.45) is 0. The quantitative estimate of drug-likeness (QED) is 0.595. The van der Waals surface area contributed by atoms with Gasteiger partial charge >= 0.3 is 0 Å². The zero-order valence-corrected chi connectivity index (χ0v) is 7.72. The number of hydrazine groups is 1. The highest BCUT2D eigenvalue weighted by Gasteiger charge is 2.00. The normalized spacial score (nSPS) is 9.38. The predicted molar refractivity (Wildman–Crippen MR) is 52.5 cm³/mol. The van der Waals surface area contributed by atoms with E-state index in [4.69, 9.17) is 0 Å². The van der Waals surface area contributed by atoms with Crippen LogP contribution in [0.1, 0.15) is 10.4 Å². The van der Waals surface area contributed by atoms with Crippen LogP contribution in [0, 0.1) is 0 Å². The maximum absolute atomic E-state index is 11.1. The molecule has 70 valence electrons. The first-order valence-electron chi connectivity index (χ1n) is 4.03. The SMILES string of the molecule is CNNc1ccc(C(=O)NC)cc1. The average molecular weight is 179 g/mol. The van der Waals surface area contributed by atoms with Crippen LogP contribution in [-0.2, 0) is 0 Å². The summed E-state index contributed by atoms with van der Waals surface area (Å²) in [6, 6.07) is 7.19. The zero-order chi connectivity index (χ0) is 9.68. The standard InChI is InChI=1S/C9H13N3O/c1-10-9(13)7-3-5-8(6-4-7)12-11-2/h3-6,11-12H,1-2H3,(H,10,13). The fourth-order valence-electron chi connectivity index (χ4n) is 0.994. The number of rotatable bonds is 3. The van der Waals surface area contributed by atoms with Crippen molar-refractivity contribution in [2.75, 3.05) is 19.5 Å². The highest BCUT2D eigenvalue weighted by atomic mass is 16.1. The molecule has 0 radical (unpaired) electrons. The van der Waals surface area contributed by atoms with Crippen molar-refractivity contribution in [2.24, 2.45) is 0 Å². The van der Waals surface area contributed by atoms with Gasteiger partial charge in [-0.3, -0.25) is 4.79 Å². The second kappa shape index (κ2) is 4.47. The Kier molecular flexibility index (Phi) is 3.28. The van der Waals surface area contributed by atoms with Crippen molar-refractivity contribution in [3.63, 3.8) is 0 Å². The van der Waals surface area contributed by atoms with Gasteiger partial charge in [0.1, 0.15) is 0 Å². The van der Waals surface area contributed by atoms with E-state index in [-0.39, 0.29) is 5.91 Å². The Bertz CT molecular complexity index is 281. The summed E-state index contributed by atoms with van der Waals surface area (Å²) < 4.78 is 0. The van der Waals surface area contributed by atoms with E-state index in [9.17, 15) is 4.79 Å². The number of hydrogen-bond donors (Lipinski definition) is 3. The van der Waals surface area contributed by atoms with E-state index in [2.05, 4.69) is 16.2 Å². The summed E-state index contributed by atoms with van der Waals surface area (Å²) in [5.41, 5.74) is 7.29. The molecule has 4 nitrogen and oxygen atoms in total. The second-order valence-corrected chi connectivity index (χ2v) is 2.53. The Hall–Kier alpha value is -1.55. The van der Waals surface area contributed by atoms with E-state index >= 15 is 0 Å². The second-order valence-electron chi connectivity index (χ2n) is 2.53. The lowest BCUT2D eigenvalue weighted by Crippen LogP contribution is -2.18. The van der Waals surface area contributed by atoms with E-state index in [0.29, 0.717) is 5.56 Å². The Morgan fingerprint density at radius 3 is 2.23 bits per heavy atom. The summed E-state index contributed by atoms with van der Waals surface area (Å²) in [4.78, 5) is 11.1. The van der Waals surface area contributed by atoms with Crippen LogP contribution in [0.15, 0.2) is 24.3 Å². The lowest BCUT2D eigenvalue weighted by molar-refractivity contribution is 0.0963. The molecular formula is C9H13N3O. The molecule has 3 N–H and O–H groups in total. The summed E-state index contributed by atoms with van der Waals surface area (Å²) in [5.74, 6) is -0.0731. The molecule has 13 heavy (non-hydrogen) atoms. The first-order valence-corrected chi connectivity index (χ1v) is 4.03. The van der Waals surface area contributed by atoms with Gasteiger partial charge in [0.05, 0.1) is 0 Å². The van der Waals surface area contributed by atoms with Crippen molar-refractivity contribution in [1.82, 2.24) is 10.7 Å². The molecule has 0 saturated carbocycles. The maximum atomic E-state index is 11.1. The van der Waals surface area contributed by atoms with Gasteiger partial charge in [0, 0.05) is 25.3 Å². The molecule has 0 aromatic heterocycles. The summed E-state index contributed by atoms with van der Waals surface area (Å²) in [5, 5.41) is 2.56. The van der Waals surface area contributed by atoms with Crippen molar-refractivity contribution in [3.8, 4) is 0 Å². The molecule has 0 heterocycles. The van der Waals surface area contributed by atoms with Crippen molar-refractivity contribution < 1.29 is 4.79 Å². The molecule has 1 aromatic rings. The van der Waals surface area contributed by atoms with Crippen molar-refractivity contribution in [2.45, 2.75) is 0 Å². The van der Waals surface area contributed by atoms with E-state index in [1.165, 1.54) is 0 Å². The number of anilines is 1. The molecule has 4 heteroatoms. The maximum Gasteiger partial charge on any atom is 0.251 e. The third-order valence-electron chi connectivity index (χ3n) is 1.64. The Morgan fingerprint density at radius 2 is 1.77 bits per heavy atom. The lowest BCUT2D eigenvalue weighted by atomic mass is 10.2. The number of hydrogen-bond acceptors (Lipinski definition) is 3. The topological polar surface area (TPSA) is 53.2 Å². The largest absolute Gasteiger partial charge is 0.355 e. The number of amides is 1. The molecule has 0 aliphatic heterocycles. The third kappa shape index (κ3) is 2.45. The van der Waals surface area contributed by atoms with E-state index < -0.39 is 0 Å². The molecule has 0 aliphatic carbocycles. The smallest absolute Gasteiger partial charge is 0.251 e. The molecule has 1 rings (SSSR count). The first-order chi connectivity index (χ1) is 6.27. The van der Waals surface area contributed by atoms with E-state index in [0.717, 1.165) is 5.69 Å². The molecule has 0 atom stereocenters. The van der Waals surface area contributed by atoms with Crippen LogP contribution in [0.2, 0.25) is 0 Å². The number of carbonyl (C=O) groups excluding carboxylic acids is 1. The van der Waals surface area contributed by atoms with E-state index in [1.54, 1.807) is 26.2 Å². The summed E-state index contributed by atoms with van der Waals surface area (Å²) in [6.45, 7) is 0. The molecule has 0 aliphatic rings. The average Bonchev–Trinajstić information content (AvgIpc) is 2.18. The number of carbonyl (C=O) groups is 1. The van der Waals surface area contributed by atoms with Gasteiger partial charge in [0.2, 0.25) is 0 Å². The van der Waals surface area contributed by atoms with Crippen molar-refractivity contribution in [1.29, 1.82) is 0 Å². The van der Waals surface area contributed by atoms with Gasteiger partial charge in [-0.2, -0.15) is 0 Å². The lowest BCUT2D eigenvalue weighted by Gasteiger charge is -2.04. The van der Waals surface area contributed by atoms with Gasteiger partial charge in [0.25, 0.3) is 5.91 Å². The minimum Gasteiger partial charge on any atom is -0.355 e. The monoisotopic (exact) mass is 179 g/mol. The predicted octanol–water partition coefficient (Wildman–Crippen LogP) is 0.592. The van der Waals surface area contributed by atoms with Gasteiger partial charge in [-0.1, -0.05) is 0 Å². The highest BCUT2D eigenvalue weighted by molar-refractivity contribution is 5.94. The molecule has 0 fully saturated rings. The Labute approximate surface area is 77.3 Å². The van der Waals surface area contributed by atoms with Crippen LogP contribution >= 0.6 is 0 Å². The molecule has 1 aromatic carbocycles. The third-order valence-corrected chi connectivity index (χ3v) is 1.64. The minimum absolute atomic E-state index is 0.0731. The van der Waals surface area contributed by atoms with E-state index in [1.807, 2.05) is 12.1 Å². The summed E-state index contributed by atoms with van der Waals surface area (Å²) in [7, 11) is 3.40. The fraction of sp³-hybridized carbons (Fsp3) is 0.222. The Morgan fingerprint density at radius 1 is 1.15 bits per heavy atom. The zero-order valence-electron chi connectivity index (χ0n) is 7.72. The summed E-state index contributed by atoms with van der Waals surface area (Å²) >= 11 is 0. The van der Waals surface area contributed by atoms with Crippen LogP contribution in [-0.4, -0.2) is 20.0 Å². The van der Waals surface area contributed by atoms with Crippen molar-refractivity contribution >= 4 is 11.6 Å². The molecule has 0 saturated heterocycles. The molecule has 1 amide bonds. The Balaban J connectivity index is 2.75. The highest BCUT2D eigenvalue weighted by Crippen LogP contribution is 2.07. The van der Waals surface area contributed by atoms with Gasteiger partial charge in [-0.15, -0.1) is 0 Å². The fourth-order valence-corrected chi connectivity index (χ4v) is 0.994. The number of nitrogens with one attached hydrogen (secondary N) is 3. The van der Waals surface area contributed by atoms with Crippen LogP contribution < -0.4 is 16.2 Å². The van der Waals surface area contributed by atoms with Gasteiger partial charge < -0.3 is 10.7 Å². The minimum atomic E-state index is -0.0731. The van der Waals surface area contributed by atoms with Gasteiger partial charge in [0.15, 0.2) is 0 Å². The van der Waals surface area contributed by atoms with Gasteiger partial charge in [-0.05, 0) is 24.3 Å². The molecule has 0 spiro atoms.